The molecular weight excluding hydrogens is 386 g/mol. The topological polar surface area (TPSA) is 88.1 Å². The highest BCUT2D eigenvalue weighted by molar-refractivity contribution is 7.80. The van der Waals surface area contributed by atoms with Gasteiger partial charge in [0.05, 0.1) is 10.7 Å². The van der Waals surface area contributed by atoms with Gasteiger partial charge in [0.15, 0.2) is 10.8 Å². The maximum atomic E-state index is 12.4. The van der Waals surface area contributed by atoms with Crippen LogP contribution < -0.4 is 21.6 Å². The van der Waals surface area contributed by atoms with Gasteiger partial charge in [-0.2, -0.15) is 5.10 Å². The number of aromatic nitrogens is 2. The zero-order chi connectivity index (χ0) is 20.0. The summed E-state index contributed by atoms with van der Waals surface area (Å²) < 4.78 is 1.46. The van der Waals surface area contributed by atoms with Crippen molar-refractivity contribution < 1.29 is 4.79 Å². The number of carbonyl (C=O) groups is 1. The Morgan fingerprint density at radius 1 is 1.30 bits per heavy atom. The Kier molecular flexibility index (Phi) is 7.32. The Labute approximate surface area is 168 Å². The van der Waals surface area contributed by atoms with Crippen LogP contribution in [0.5, 0.6) is 0 Å². The fraction of sp³-hybridized carbons (Fsp3) is 0.333. The standard InChI is InChI=1S/C18H22ClN5O2S/c1-11(2)8-9-20-18(27)22-21-17(26)16-15(25)10-12(3)24(23-16)14-7-5-4-6-13(14)19/h4-7,10-11H,8-9H2,1-3H3,(H,21,26)(H2,20,22,27). The molecular formula is C18H22ClN5O2S. The second-order valence-corrected chi connectivity index (χ2v) is 7.19. The van der Waals surface area contributed by atoms with Crippen molar-refractivity contribution in [2.75, 3.05) is 6.54 Å². The molecule has 1 amide bonds. The Morgan fingerprint density at radius 3 is 2.67 bits per heavy atom. The Bertz CT molecular complexity index is 898. The van der Waals surface area contributed by atoms with Crippen LogP contribution in [-0.2, 0) is 0 Å². The molecule has 144 valence electrons. The highest BCUT2D eigenvalue weighted by atomic mass is 35.5. The number of hydrogen-bond donors (Lipinski definition) is 3. The van der Waals surface area contributed by atoms with Crippen molar-refractivity contribution >= 4 is 34.8 Å². The van der Waals surface area contributed by atoms with Gasteiger partial charge in [-0.1, -0.05) is 37.6 Å². The molecule has 9 heteroatoms. The van der Waals surface area contributed by atoms with Crippen molar-refractivity contribution in [2.24, 2.45) is 5.92 Å². The molecule has 0 aliphatic heterocycles. The molecule has 3 N–H and O–H groups in total. The predicted molar refractivity (Wildman–Crippen MR) is 110 cm³/mol. The minimum atomic E-state index is -0.686. The Morgan fingerprint density at radius 2 is 2.00 bits per heavy atom. The van der Waals surface area contributed by atoms with Crippen molar-refractivity contribution in [3.8, 4) is 5.69 Å². The lowest BCUT2D eigenvalue weighted by molar-refractivity contribution is 0.0935. The number of halogens is 1. The average molecular weight is 408 g/mol. The van der Waals surface area contributed by atoms with Crippen molar-refractivity contribution in [3.63, 3.8) is 0 Å². The average Bonchev–Trinajstić information content (AvgIpc) is 2.60. The summed E-state index contributed by atoms with van der Waals surface area (Å²) in [4.78, 5) is 24.6. The lowest BCUT2D eigenvalue weighted by Crippen LogP contribution is -2.48. The molecule has 1 aromatic heterocycles. The smallest absolute Gasteiger partial charge is 0.294 e. The van der Waals surface area contributed by atoms with E-state index >= 15 is 0 Å². The monoisotopic (exact) mass is 407 g/mol. The molecule has 0 saturated carbocycles. The summed E-state index contributed by atoms with van der Waals surface area (Å²) in [6, 6.07) is 8.38. The third kappa shape index (κ3) is 5.77. The number of benzene rings is 1. The van der Waals surface area contributed by atoms with E-state index in [9.17, 15) is 9.59 Å². The largest absolute Gasteiger partial charge is 0.361 e. The van der Waals surface area contributed by atoms with Crippen LogP contribution >= 0.6 is 23.8 Å². The minimum Gasteiger partial charge on any atom is -0.361 e. The molecule has 0 atom stereocenters. The first kappa shape index (κ1) is 20.9. The van der Waals surface area contributed by atoms with Gasteiger partial charge in [-0.3, -0.25) is 20.4 Å². The van der Waals surface area contributed by atoms with E-state index in [-0.39, 0.29) is 10.8 Å². The van der Waals surface area contributed by atoms with Crippen LogP contribution in [0.3, 0.4) is 0 Å². The summed E-state index contributed by atoms with van der Waals surface area (Å²) >= 11 is 11.3. The molecule has 0 bridgehead atoms. The summed E-state index contributed by atoms with van der Waals surface area (Å²) in [5, 5.41) is 7.87. The van der Waals surface area contributed by atoms with Gasteiger partial charge < -0.3 is 5.32 Å². The number of thiocarbonyl (C=S) groups is 1. The summed E-state index contributed by atoms with van der Waals surface area (Å²) in [5.41, 5.74) is 5.34. The number of hydrogen-bond acceptors (Lipinski definition) is 4. The number of aryl methyl sites for hydroxylation is 1. The zero-order valence-electron chi connectivity index (χ0n) is 15.4. The molecule has 0 radical (unpaired) electrons. The summed E-state index contributed by atoms with van der Waals surface area (Å²) in [5.74, 6) is -0.149. The highest BCUT2D eigenvalue weighted by Gasteiger charge is 2.16. The minimum absolute atomic E-state index is 0.266. The fourth-order valence-electron chi connectivity index (χ4n) is 2.26. The molecule has 1 heterocycles. The first-order valence-corrected chi connectivity index (χ1v) is 9.28. The first-order valence-electron chi connectivity index (χ1n) is 8.49. The molecule has 0 unspecified atom stereocenters. The number of para-hydroxylation sites is 1. The molecule has 0 spiro atoms. The molecule has 2 rings (SSSR count). The fourth-order valence-corrected chi connectivity index (χ4v) is 2.63. The van der Waals surface area contributed by atoms with E-state index in [1.54, 1.807) is 31.2 Å². The van der Waals surface area contributed by atoms with Crippen molar-refractivity contribution in [1.29, 1.82) is 0 Å². The van der Waals surface area contributed by atoms with E-state index in [0.717, 1.165) is 6.42 Å². The number of amides is 1. The lowest BCUT2D eigenvalue weighted by Gasteiger charge is -2.14. The van der Waals surface area contributed by atoms with Gasteiger partial charge in [-0.25, -0.2) is 4.68 Å². The van der Waals surface area contributed by atoms with Gasteiger partial charge in [0, 0.05) is 18.3 Å². The lowest BCUT2D eigenvalue weighted by atomic mass is 10.1. The first-order chi connectivity index (χ1) is 12.8. The molecule has 2 aromatic rings. The third-order valence-electron chi connectivity index (χ3n) is 3.70. The van der Waals surface area contributed by atoms with Crippen LogP contribution in [0.4, 0.5) is 0 Å². The van der Waals surface area contributed by atoms with Crippen molar-refractivity contribution in [2.45, 2.75) is 27.2 Å². The van der Waals surface area contributed by atoms with Gasteiger partial charge in [0.25, 0.3) is 5.91 Å². The molecule has 0 fully saturated rings. The SMILES string of the molecule is Cc1cc(=O)c(C(=O)NNC(=S)NCCC(C)C)nn1-c1ccccc1Cl. The maximum absolute atomic E-state index is 12.4. The third-order valence-corrected chi connectivity index (χ3v) is 4.27. The normalized spacial score (nSPS) is 10.6. The maximum Gasteiger partial charge on any atom is 0.294 e. The van der Waals surface area contributed by atoms with E-state index in [4.69, 9.17) is 23.8 Å². The van der Waals surface area contributed by atoms with Crippen LogP contribution in [0.15, 0.2) is 35.1 Å². The van der Waals surface area contributed by atoms with Crippen LogP contribution in [-0.4, -0.2) is 27.3 Å². The van der Waals surface area contributed by atoms with Gasteiger partial charge in [0.2, 0.25) is 5.43 Å². The van der Waals surface area contributed by atoms with Crippen LogP contribution in [0.1, 0.15) is 36.5 Å². The molecule has 27 heavy (non-hydrogen) atoms. The van der Waals surface area contributed by atoms with Crippen LogP contribution in [0.2, 0.25) is 5.02 Å². The van der Waals surface area contributed by atoms with Crippen LogP contribution in [0.25, 0.3) is 5.69 Å². The van der Waals surface area contributed by atoms with E-state index < -0.39 is 11.3 Å². The van der Waals surface area contributed by atoms with Gasteiger partial charge in [-0.15, -0.1) is 0 Å². The summed E-state index contributed by atoms with van der Waals surface area (Å²) in [6.45, 7) is 6.60. The summed E-state index contributed by atoms with van der Waals surface area (Å²) in [6.07, 6.45) is 0.942. The predicted octanol–water partition coefficient (Wildman–Crippen LogP) is 2.35. The number of nitrogens with zero attached hydrogens (tertiary/aromatic N) is 2. The van der Waals surface area contributed by atoms with Crippen molar-refractivity contribution in [3.05, 3.63) is 57.0 Å². The van der Waals surface area contributed by atoms with E-state index in [0.29, 0.717) is 28.9 Å². The second-order valence-electron chi connectivity index (χ2n) is 6.38. The molecule has 0 aliphatic carbocycles. The Hall–Kier alpha value is -2.45. The van der Waals surface area contributed by atoms with Gasteiger partial charge in [-0.05, 0) is 43.6 Å². The molecule has 1 aromatic carbocycles. The number of hydrazine groups is 1. The number of nitrogens with one attached hydrogen (secondary N) is 3. The van der Waals surface area contributed by atoms with E-state index in [1.807, 2.05) is 0 Å². The second kappa shape index (κ2) is 9.48. The quantitative estimate of drug-likeness (QED) is 0.521. The molecule has 0 saturated heterocycles. The van der Waals surface area contributed by atoms with Gasteiger partial charge in [0.1, 0.15) is 0 Å². The number of carbonyl (C=O) groups excluding carboxylic acids is 1. The zero-order valence-corrected chi connectivity index (χ0v) is 16.9. The molecule has 7 nitrogen and oxygen atoms in total. The highest BCUT2D eigenvalue weighted by Crippen LogP contribution is 2.19. The van der Waals surface area contributed by atoms with E-state index in [1.165, 1.54) is 10.7 Å². The number of rotatable bonds is 5. The van der Waals surface area contributed by atoms with Gasteiger partial charge >= 0.3 is 0 Å². The van der Waals surface area contributed by atoms with Crippen molar-refractivity contribution in [1.82, 2.24) is 25.9 Å². The summed E-state index contributed by atoms with van der Waals surface area (Å²) in [7, 11) is 0. The molecule has 0 aliphatic rings. The Balaban J connectivity index is 2.13. The van der Waals surface area contributed by atoms with E-state index in [2.05, 4.69) is 35.1 Å². The van der Waals surface area contributed by atoms with Crippen LogP contribution in [0, 0.1) is 12.8 Å².